The molecule has 3 aromatic rings. The Morgan fingerprint density at radius 3 is 2.57 bits per heavy atom. The van der Waals surface area contributed by atoms with Gasteiger partial charge in [-0.3, -0.25) is 10.1 Å². The lowest BCUT2D eigenvalue weighted by molar-refractivity contribution is -0.113. The van der Waals surface area contributed by atoms with Gasteiger partial charge in [-0.15, -0.1) is 22.0 Å². The number of thioether (sulfide) groups is 1. The van der Waals surface area contributed by atoms with Crippen molar-refractivity contribution in [3.63, 3.8) is 0 Å². The number of nitrogens with zero attached hydrogens (tertiary/aromatic N) is 2. The molecule has 1 aromatic heterocycles. The van der Waals surface area contributed by atoms with E-state index in [9.17, 15) is 4.79 Å². The molecular weight excluding hydrogens is 350 g/mol. The molecule has 0 unspecified atom stereocenters. The van der Waals surface area contributed by atoms with Crippen molar-refractivity contribution in [3.8, 4) is 10.6 Å². The van der Waals surface area contributed by atoms with Crippen LogP contribution in [-0.4, -0.2) is 21.9 Å². The van der Waals surface area contributed by atoms with Crippen LogP contribution < -0.4 is 5.32 Å². The molecule has 0 radical (unpaired) electrons. The van der Waals surface area contributed by atoms with Gasteiger partial charge in [0.2, 0.25) is 11.0 Å². The summed E-state index contributed by atoms with van der Waals surface area (Å²) in [5, 5.41) is 12.9. The van der Waals surface area contributed by atoms with Crippen LogP contribution in [0.4, 0.5) is 5.13 Å². The molecular formula is C16H12ClN3OS2. The average molecular weight is 362 g/mol. The quantitative estimate of drug-likeness (QED) is 0.675. The van der Waals surface area contributed by atoms with Crippen LogP contribution in [0.5, 0.6) is 0 Å². The lowest BCUT2D eigenvalue weighted by Crippen LogP contribution is -2.13. The first kappa shape index (κ1) is 16.0. The summed E-state index contributed by atoms with van der Waals surface area (Å²) in [6.45, 7) is 0. The number of rotatable bonds is 5. The maximum Gasteiger partial charge on any atom is 0.236 e. The monoisotopic (exact) mass is 361 g/mol. The smallest absolute Gasteiger partial charge is 0.236 e. The normalized spacial score (nSPS) is 10.5. The van der Waals surface area contributed by atoms with Crippen molar-refractivity contribution in [1.82, 2.24) is 10.2 Å². The fourth-order valence-electron chi connectivity index (χ4n) is 1.81. The summed E-state index contributed by atoms with van der Waals surface area (Å²) >= 11 is 8.63. The molecule has 116 valence electrons. The second-order valence-electron chi connectivity index (χ2n) is 4.57. The van der Waals surface area contributed by atoms with Crippen molar-refractivity contribution in [1.29, 1.82) is 0 Å². The van der Waals surface area contributed by atoms with Crippen LogP contribution in [0.25, 0.3) is 10.6 Å². The molecule has 23 heavy (non-hydrogen) atoms. The highest BCUT2D eigenvalue weighted by atomic mass is 35.5. The van der Waals surface area contributed by atoms with Gasteiger partial charge in [-0.1, -0.05) is 53.3 Å². The highest BCUT2D eigenvalue weighted by molar-refractivity contribution is 8.00. The maximum atomic E-state index is 12.0. The number of amides is 1. The number of aromatic nitrogens is 2. The Morgan fingerprint density at radius 2 is 1.83 bits per heavy atom. The van der Waals surface area contributed by atoms with Crippen LogP contribution in [0.2, 0.25) is 5.02 Å². The highest BCUT2D eigenvalue weighted by Gasteiger charge is 2.10. The number of hydrogen-bond acceptors (Lipinski definition) is 5. The van der Waals surface area contributed by atoms with Gasteiger partial charge in [0.15, 0.2) is 0 Å². The SMILES string of the molecule is O=C(CSc1ccc(Cl)cc1)Nc1nnc(-c2ccccc2)s1. The Bertz CT molecular complexity index is 791. The zero-order chi connectivity index (χ0) is 16.1. The van der Waals surface area contributed by atoms with Gasteiger partial charge >= 0.3 is 0 Å². The number of benzene rings is 2. The minimum absolute atomic E-state index is 0.110. The van der Waals surface area contributed by atoms with Crippen molar-refractivity contribution in [3.05, 3.63) is 59.6 Å². The Balaban J connectivity index is 1.56. The Labute approximate surface area is 146 Å². The zero-order valence-electron chi connectivity index (χ0n) is 11.9. The number of carbonyl (C=O) groups excluding carboxylic acids is 1. The van der Waals surface area contributed by atoms with Gasteiger partial charge < -0.3 is 0 Å². The molecule has 1 amide bonds. The highest BCUT2D eigenvalue weighted by Crippen LogP contribution is 2.26. The standard InChI is InChI=1S/C16H12ClN3OS2/c17-12-6-8-13(9-7-12)22-10-14(21)18-16-20-19-15(23-16)11-4-2-1-3-5-11/h1-9H,10H2,(H,18,20,21). The first-order valence-electron chi connectivity index (χ1n) is 6.78. The van der Waals surface area contributed by atoms with Gasteiger partial charge in [0.1, 0.15) is 5.01 Å². The summed E-state index contributed by atoms with van der Waals surface area (Å²) in [6.07, 6.45) is 0. The van der Waals surface area contributed by atoms with E-state index >= 15 is 0 Å². The molecule has 3 rings (SSSR count). The molecule has 7 heteroatoms. The molecule has 1 heterocycles. The number of nitrogens with one attached hydrogen (secondary N) is 1. The van der Waals surface area contributed by atoms with Crippen molar-refractivity contribution in [2.75, 3.05) is 11.1 Å². The minimum Gasteiger partial charge on any atom is -0.300 e. The van der Waals surface area contributed by atoms with Gasteiger partial charge in [0.25, 0.3) is 0 Å². The van der Waals surface area contributed by atoms with Crippen LogP contribution >= 0.6 is 34.7 Å². The molecule has 0 aliphatic carbocycles. The average Bonchev–Trinajstić information content (AvgIpc) is 3.04. The van der Waals surface area contributed by atoms with Gasteiger partial charge in [-0.05, 0) is 24.3 Å². The number of halogens is 1. The van der Waals surface area contributed by atoms with E-state index in [0.29, 0.717) is 15.9 Å². The first-order chi connectivity index (χ1) is 11.2. The van der Waals surface area contributed by atoms with Crippen molar-refractivity contribution in [2.24, 2.45) is 0 Å². The Morgan fingerprint density at radius 1 is 1.09 bits per heavy atom. The first-order valence-corrected chi connectivity index (χ1v) is 8.96. The number of carbonyl (C=O) groups is 1. The molecule has 0 saturated carbocycles. The topological polar surface area (TPSA) is 54.9 Å². The van der Waals surface area contributed by atoms with E-state index in [4.69, 9.17) is 11.6 Å². The fraction of sp³-hybridized carbons (Fsp3) is 0.0625. The summed E-state index contributed by atoms with van der Waals surface area (Å²) in [4.78, 5) is 13.0. The molecule has 0 atom stereocenters. The second kappa shape index (κ2) is 7.59. The van der Waals surface area contributed by atoms with E-state index < -0.39 is 0 Å². The van der Waals surface area contributed by atoms with Crippen LogP contribution in [0.1, 0.15) is 0 Å². The maximum absolute atomic E-state index is 12.0. The van der Waals surface area contributed by atoms with Crippen LogP contribution in [-0.2, 0) is 4.79 Å². The molecule has 0 aliphatic heterocycles. The predicted octanol–water partition coefficient (Wildman–Crippen LogP) is 4.59. The number of hydrogen-bond donors (Lipinski definition) is 1. The Kier molecular flexibility index (Phi) is 5.27. The Hall–Kier alpha value is -1.89. The molecule has 0 spiro atoms. The van der Waals surface area contributed by atoms with Crippen LogP contribution in [0, 0.1) is 0 Å². The van der Waals surface area contributed by atoms with Gasteiger partial charge in [-0.25, -0.2) is 0 Å². The molecule has 0 aliphatic rings. The molecule has 0 bridgehead atoms. The summed E-state index contributed by atoms with van der Waals surface area (Å²) in [5.41, 5.74) is 0.987. The third-order valence-corrected chi connectivity index (χ3v) is 5.03. The summed E-state index contributed by atoms with van der Waals surface area (Å²) in [6, 6.07) is 17.1. The van der Waals surface area contributed by atoms with E-state index in [2.05, 4.69) is 15.5 Å². The third kappa shape index (κ3) is 4.54. The molecule has 0 fully saturated rings. The molecule has 2 aromatic carbocycles. The van der Waals surface area contributed by atoms with Crippen LogP contribution in [0.3, 0.4) is 0 Å². The minimum atomic E-state index is -0.110. The predicted molar refractivity (Wildman–Crippen MR) is 96.2 cm³/mol. The van der Waals surface area contributed by atoms with Crippen LogP contribution in [0.15, 0.2) is 59.5 Å². The summed E-state index contributed by atoms with van der Waals surface area (Å²) in [7, 11) is 0. The van der Waals surface area contributed by atoms with Gasteiger partial charge in [0, 0.05) is 15.5 Å². The van der Waals surface area contributed by atoms with E-state index in [-0.39, 0.29) is 5.91 Å². The largest absolute Gasteiger partial charge is 0.300 e. The lowest BCUT2D eigenvalue weighted by Gasteiger charge is -2.01. The fourth-order valence-corrected chi connectivity index (χ4v) is 3.40. The molecule has 4 nitrogen and oxygen atoms in total. The summed E-state index contributed by atoms with van der Waals surface area (Å²) in [5.74, 6) is 0.197. The molecule has 0 saturated heterocycles. The van der Waals surface area contributed by atoms with Crippen molar-refractivity contribution >= 4 is 45.7 Å². The van der Waals surface area contributed by atoms with Crippen molar-refractivity contribution in [2.45, 2.75) is 4.90 Å². The zero-order valence-corrected chi connectivity index (χ0v) is 14.3. The van der Waals surface area contributed by atoms with E-state index in [1.54, 1.807) is 12.1 Å². The second-order valence-corrected chi connectivity index (χ2v) is 7.03. The molecule has 1 N–H and O–H groups in total. The van der Waals surface area contributed by atoms with Crippen molar-refractivity contribution < 1.29 is 4.79 Å². The van der Waals surface area contributed by atoms with Gasteiger partial charge in [0.05, 0.1) is 5.75 Å². The van der Waals surface area contributed by atoms with Gasteiger partial charge in [-0.2, -0.15) is 0 Å². The third-order valence-electron chi connectivity index (χ3n) is 2.88. The van der Waals surface area contributed by atoms with E-state index in [1.807, 2.05) is 42.5 Å². The van der Waals surface area contributed by atoms with E-state index in [0.717, 1.165) is 15.5 Å². The number of anilines is 1. The van der Waals surface area contributed by atoms with E-state index in [1.165, 1.54) is 23.1 Å². The lowest BCUT2D eigenvalue weighted by atomic mass is 10.2. The summed E-state index contributed by atoms with van der Waals surface area (Å²) < 4.78 is 0.